The molecule has 0 aliphatic heterocycles. The Morgan fingerprint density at radius 3 is 1.75 bits per heavy atom. The van der Waals surface area contributed by atoms with Crippen LogP contribution in [0.3, 0.4) is 0 Å². The van der Waals surface area contributed by atoms with Crippen LogP contribution in [0.2, 0.25) is 0 Å². The van der Waals surface area contributed by atoms with Gasteiger partial charge in [-0.2, -0.15) is 0 Å². The minimum Gasteiger partial charge on any atom is -0.464 e. The fourth-order valence-corrected chi connectivity index (χ4v) is 1.55. The molecule has 0 aliphatic rings. The SMILES string of the molecule is [2H]C([2H])(C(NC(C)=O)(C(=O)OCC)C(=O)OCC)[N+](C)(C)C. The van der Waals surface area contributed by atoms with Crippen molar-refractivity contribution in [2.45, 2.75) is 26.3 Å². The monoisotopic (exact) mass is 291 g/mol. The van der Waals surface area contributed by atoms with Gasteiger partial charge in [0.25, 0.3) is 5.54 Å². The van der Waals surface area contributed by atoms with Crippen LogP contribution >= 0.6 is 0 Å². The number of esters is 2. The number of ether oxygens (including phenoxy) is 2. The Labute approximate surface area is 122 Å². The molecule has 20 heavy (non-hydrogen) atoms. The molecule has 0 atom stereocenters. The number of rotatable bonds is 7. The van der Waals surface area contributed by atoms with E-state index in [0.29, 0.717) is 0 Å². The lowest BCUT2D eigenvalue weighted by atomic mass is 9.98. The fourth-order valence-electron chi connectivity index (χ4n) is 1.55. The topological polar surface area (TPSA) is 81.7 Å². The average Bonchev–Trinajstić information content (AvgIpc) is 2.34. The fraction of sp³-hybridized carbons (Fsp3) is 0.769. The molecule has 0 heterocycles. The smallest absolute Gasteiger partial charge is 0.349 e. The summed E-state index contributed by atoms with van der Waals surface area (Å²) in [4.78, 5) is 36.4. The number of quaternary nitrogens is 1. The predicted octanol–water partition coefficient (Wildman–Crippen LogP) is -0.306. The van der Waals surface area contributed by atoms with Crippen LogP contribution in [0.5, 0.6) is 0 Å². The summed E-state index contributed by atoms with van der Waals surface area (Å²) in [7, 11) is 4.36. The minimum absolute atomic E-state index is 0.0766. The summed E-state index contributed by atoms with van der Waals surface area (Å²) in [6.07, 6.45) is 0. The van der Waals surface area contributed by atoms with Gasteiger partial charge in [-0.05, 0) is 13.8 Å². The van der Waals surface area contributed by atoms with Gasteiger partial charge in [0.1, 0.15) is 6.50 Å². The lowest BCUT2D eigenvalue weighted by Gasteiger charge is -2.35. The van der Waals surface area contributed by atoms with Crippen LogP contribution in [0.25, 0.3) is 0 Å². The van der Waals surface area contributed by atoms with E-state index in [1.165, 1.54) is 35.0 Å². The van der Waals surface area contributed by atoms with E-state index in [0.717, 1.165) is 6.92 Å². The Bertz CT molecular complexity index is 428. The largest absolute Gasteiger partial charge is 0.464 e. The van der Waals surface area contributed by atoms with Gasteiger partial charge in [0, 0.05) is 6.92 Å². The van der Waals surface area contributed by atoms with Gasteiger partial charge in [0.05, 0.1) is 37.1 Å². The van der Waals surface area contributed by atoms with Crippen molar-refractivity contribution in [3.63, 3.8) is 0 Å². The first-order chi connectivity index (χ1) is 9.88. The zero-order valence-corrected chi connectivity index (χ0v) is 12.9. The summed E-state index contributed by atoms with van der Waals surface area (Å²) in [6.45, 7) is 1.45. The summed E-state index contributed by atoms with van der Waals surface area (Å²) < 4.78 is 25.9. The highest BCUT2D eigenvalue weighted by molar-refractivity contribution is 6.07. The molecular formula is C13H25N2O5+. The summed E-state index contributed by atoms with van der Waals surface area (Å²) >= 11 is 0. The molecule has 0 aromatic carbocycles. The van der Waals surface area contributed by atoms with Crippen molar-refractivity contribution in [1.82, 2.24) is 5.32 Å². The highest BCUT2D eigenvalue weighted by Gasteiger charge is 2.54. The van der Waals surface area contributed by atoms with Crippen LogP contribution in [0.4, 0.5) is 0 Å². The number of hydrogen-bond donors (Lipinski definition) is 1. The van der Waals surface area contributed by atoms with Crippen molar-refractivity contribution < 1.29 is 31.1 Å². The summed E-state index contributed by atoms with van der Waals surface area (Å²) in [6, 6.07) is 0. The van der Waals surface area contributed by atoms with E-state index >= 15 is 0 Å². The van der Waals surface area contributed by atoms with Gasteiger partial charge in [-0.15, -0.1) is 0 Å². The summed E-state index contributed by atoms with van der Waals surface area (Å²) in [5.74, 6) is -3.14. The maximum Gasteiger partial charge on any atom is 0.349 e. The van der Waals surface area contributed by atoms with Crippen molar-refractivity contribution in [3.8, 4) is 0 Å². The van der Waals surface area contributed by atoms with E-state index in [-0.39, 0.29) is 13.2 Å². The average molecular weight is 291 g/mol. The molecule has 0 unspecified atom stereocenters. The van der Waals surface area contributed by atoms with Gasteiger partial charge in [-0.3, -0.25) is 4.79 Å². The highest BCUT2D eigenvalue weighted by Crippen LogP contribution is 2.15. The molecule has 0 spiro atoms. The van der Waals surface area contributed by atoms with Crippen molar-refractivity contribution in [1.29, 1.82) is 0 Å². The number of likely N-dealkylation sites (N-methyl/N-ethyl adjacent to an activating group) is 1. The van der Waals surface area contributed by atoms with E-state index in [4.69, 9.17) is 12.2 Å². The lowest BCUT2D eigenvalue weighted by Crippen LogP contribution is -2.68. The van der Waals surface area contributed by atoms with Gasteiger partial charge in [0.15, 0.2) is 0 Å². The van der Waals surface area contributed by atoms with E-state index in [1.807, 2.05) is 0 Å². The Morgan fingerprint density at radius 2 is 1.50 bits per heavy atom. The first kappa shape index (κ1) is 14.8. The maximum absolute atomic E-state index is 12.4. The number of nitrogens with zero attached hydrogens (tertiary/aromatic N) is 1. The molecule has 0 radical (unpaired) electrons. The van der Waals surface area contributed by atoms with Crippen LogP contribution in [0.1, 0.15) is 23.5 Å². The second-order valence-corrected chi connectivity index (χ2v) is 5.00. The normalized spacial score (nSPS) is 13.9. The zero-order valence-electron chi connectivity index (χ0n) is 14.9. The Hall–Kier alpha value is -1.63. The van der Waals surface area contributed by atoms with E-state index < -0.39 is 34.4 Å². The molecule has 0 aliphatic carbocycles. The van der Waals surface area contributed by atoms with Crippen molar-refractivity contribution in [2.75, 3.05) is 40.9 Å². The third-order valence-electron chi connectivity index (χ3n) is 2.03. The molecule has 1 N–H and O–H groups in total. The second kappa shape index (κ2) is 7.23. The molecule has 0 saturated heterocycles. The van der Waals surface area contributed by atoms with Crippen LogP contribution in [-0.2, 0) is 23.9 Å². The van der Waals surface area contributed by atoms with Crippen LogP contribution in [0, 0.1) is 0 Å². The molecule has 0 saturated carbocycles. The van der Waals surface area contributed by atoms with Crippen molar-refractivity contribution in [3.05, 3.63) is 0 Å². The molecule has 0 bridgehead atoms. The number of nitrogens with one attached hydrogen (secondary N) is 1. The Kier molecular flexibility index (Phi) is 5.34. The van der Waals surface area contributed by atoms with E-state index in [2.05, 4.69) is 5.32 Å². The number of carbonyl (C=O) groups excluding carboxylic acids is 3. The predicted molar refractivity (Wildman–Crippen MR) is 72.7 cm³/mol. The number of amides is 1. The molecule has 0 rings (SSSR count). The van der Waals surface area contributed by atoms with Crippen LogP contribution < -0.4 is 5.32 Å². The number of hydrogen-bond acceptors (Lipinski definition) is 5. The third-order valence-corrected chi connectivity index (χ3v) is 2.03. The van der Waals surface area contributed by atoms with Crippen molar-refractivity contribution in [2.24, 2.45) is 0 Å². The molecule has 1 amide bonds. The van der Waals surface area contributed by atoms with Gasteiger partial charge in [-0.25, -0.2) is 9.59 Å². The van der Waals surface area contributed by atoms with Crippen LogP contribution in [-0.4, -0.2) is 68.7 Å². The van der Waals surface area contributed by atoms with E-state index in [9.17, 15) is 14.4 Å². The maximum atomic E-state index is 12.4. The molecule has 0 fully saturated rings. The molecule has 0 aromatic rings. The van der Waals surface area contributed by atoms with Crippen molar-refractivity contribution >= 4 is 17.8 Å². The highest BCUT2D eigenvalue weighted by atomic mass is 16.6. The van der Waals surface area contributed by atoms with Gasteiger partial charge in [-0.1, -0.05) is 0 Å². The second-order valence-electron chi connectivity index (χ2n) is 5.00. The van der Waals surface area contributed by atoms with Crippen LogP contribution in [0.15, 0.2) is 0 Å². The quantitative estimate of drug-likeness (QED) is 0.395. The Balaban J connectivity index is 6.36. The van der Waals surface area contributed by atoms with Gasteiger partial charge >= 0.3 is 11.9 Å². The summed E-state index contributed by atoms with van der Waals surface area (Å²) in [5.41, 5.74) is -2.59. The summed E-state index contributed by atoms with van der Waals surface area (Å²) in [5, 5.41) is 2.13. The third kappa shape index (κ3) is 5.16. The molecule has 0 aromatic heterocycles. The van der Waals surface area contributed by atoms with Gasteiger partial charge < -0.3 is 19.3 Å². The Morgan fingerprint density at radius 1 is 1.10 bits per heavy atom. The molecule has 7 nitrogen and oxygen atoms in total. The minimum atomic E-state index is -2.59. The molecular weight excluding hydrogens is 264 g/mol. The first-order valence-electron chi connectivity index (χ1n) is 7.33. The molecule has 7 heteroatoms. The lowest BCUT2D eigenvalue weighted by molar-refractivity contribution is -0.872. The standard InChI is InChI=1S/C13H24N2O5/c1-7-19-11(17)13(14-10(3)16,9-15(4,5)6)12(18)20-8-2/h7-9H2,1-6H3/p+1/i9D2. The zero-order chi connectivity index (χ0) is 17.8. The molecule has 116 valence electrons. The first-order valence-corrected chi connectivity index (χ1v) is 6.33. The van der Waals surface area contributed by atoms with E-state index in [1.54, 1.807) is 0 Å². The number of carbonyl (C=O) groups is 3. The van der Waals surface area contributed by atoms with Gasteiger partial charge in [0.2, 0.25) is 5.91 Å².